The predicted octanol–water partition coefficient (Wildman–Crippen LogP) is 6.16. The van der Waals surface area contributed by atoms with Crippen molar-refractivity contribution in [2.24, 2.45) is 0 Å². The fourth-order valence-electron chi connectivity index (χ4n) is 5.11. The smallest absolute Gasteiger partial charge is 0.188 e. The molecule has 5 heteroatoms. The van der Waals surface area contributed by atoms with E-state index in [1.807, 2.05) is 60.8 Å². The lowest BCUT2D eigenvalue weighted by Crippen LogP contribution is -2.34. The minimum atomic E-state index is -0.452. The molecule has 0 saturated carbocycles. The first-order chi connectivity index (χ1) is 16.6. The summed E-state index contributed by atoms with van der Waals surface area (Å²) in [7, 11) is 1.66. The van der Waals surface area contributed by atoms with Gasteiger partial charge in [0.25, 0.3) is 0 Å². The Bertz CT molecular complexity index is 1530. The molecule has 1 aliphatic heterocycles. The third-order valence-electron chi connectivity index (χ3n) is 6.97. The third-order valence-corrected chi connectivity index (χ3v) is 6.97. The van der Waals surface area contributed by atoms with Crippen LogP contribution in [0.2, 0.25) is 0 Å². The van der Waals surface area contributed by atoms with Crippen LogP contribution in [-0.4, -0.2) is 27.0 Å². The SMILES string of the molecule is COc1ccc([C@@H]2[C@@H](C(=O)c3ccccc3)n3cccc3-c3nc4cc(C)c(C)cc4n32)cc1. The van der Waals surface area contributed by atoms with Crippen LogP contribution in [0.5, 0.6) is 5.75 Å². The highest BCUT2D eigenvalue weighted by Gasteiger charge is 2.40. The fourth-order valence-corrected chi connectivity index (χ4v) is 5.11. The molecule has 0 fully saturated rings. The predicted molar refractivity (Wildman–Crippen MR) is 134 cm³/mol. The van der Waals surface area contributed by atoms with Crippen molar-refractivity contribution in [3.8, 4) is 17.3 Å². The van der Waals surface area contributed by atoms with Gasteiger partial charge in [-0.25, -0.2) is 4.98 Å². The molecule has 6 rings (SSSR count). The van der Waals surface area contributed by atoms with E-state index in [-0.39, 0.29) is 11.8 Å². The van der Waals surface area contributed by atoms with Gasteiger partial charge in [0.05, 0.1) is 29.9 Å². The number of carbonyl (C=O) groups excluding carboxylic acids is 1. The number of nitrogens with zero attached hydrogens (tertiary/aromatic N) is 3. The van der Waals surface area contributed by atoms with E-state index in [1.54, 1.807) is 7.11 Å². The topological polar surface area (TPSA) is 49.1 Å². The molecule has 34 heavy (non-hydrogen) atoms. The maximum Gasteiger partial charge on any atom is 0.188 e. The minimum absolute atomic E-state index is 0.0789. The van der Waals surface area contributed by atoms with Crippen molar-refractivity contribution in [2.45, 2.75) is 25.9 Å². The average Bonchev–Trinajstić information content (AvgIpc) is 3.49. The van der Waals surface area contributed by atoms with Gasteiger partial charge in [0.15, 0.2) is 11.6 Å². The number of carbonyl (C=O) groups is 1. The zero-order valence-corrected chi connectivity index (χ0v) is 19.4. The van der Waals surface area contributed by atoms with Gasteiger partial charge in [-0.2, -0.15) is 0 Å². The summed E-state index contributed by atoms with van der Waals surface area (Å²) in [6.45, 7) is 4.23. The highest BCUT2D eigenvalue weighted by atomic mass is 16.5. The zero-order valence-electron chi connectivity index (χ0n) is 19.4. The van der Waals surface area contributed by atoms with Crippen LogP contribution in [0.25, 0.3) is 22.6 Å². The summed E-state index contributed by atoms with van der Waals surface area (Å²) in [4.78, 5) is 19.1. The van der Waals surface area contributed by atoms with Crippen molar-refractivity contribution >= 4 is 16.8 Å². The molecule has 0 saturated heterocycles. The number of imidazole rings is 1. The van der Waals surface area contributed by atoms with Crippen molar-refractivity contribution in [3.63, 3.8) is 0 Å². The normalized spacial score (nSPS) is 16.8. The Balaban J connectivity index is 1.66. The molecule has 5 aromatic rings. The molecule has 5 nitrogen and oxygen atoms in total. The largest absolute Gasteiger partial charge is 0.497 e. The molecule has 0 aliphatic carbocycles. The number of hydrogen-bond acceptors (Lipinski definition) is 3. The lowest BCUT2D eigenvalue weighted by atomic mass is 9.90. The van der Waals surface area contributed by atoms with Gasteiger partial charge in [0.1, 0.15) is 11.8 Å². The first-order valence-electron chi connectivity index (χ1n) is 11.5. The van der Waals surface area contributed by atoms with E-state index in [1.165, 1.54) is 11.1 Å². The van der Waals surface area contributed by atoms with E-state index in [0.717, 1.165) is 33.9 Å². The molecule has 3 heterocycles. The number of fused-ring (bicyclic) bond motifs is 5. The molecule has 0 spiro atoms. The highest BCUT2D eigenvalue weighted by Crippen LogP contribution is 2.45. The van der Waals surface area contributed by atoms with Gasteiger partial charge in [-0.15, -0.1) is 0 Å². The molecule has 2 aromatic heterocycles. The number of ether oxygens (including phenoxy) is 1. The van der Waals surface area contributed by atoms with E-state index in [4.69, 9.17) is 9.72 Å². The minimum Gasteiger partial charge on any atom is -0.497 e. The van der Waals surface area contributed by atoms with Gasteiger partial charge in [-0.3, -0.25) is 4.79 Å². The van der Waals surface area contributed by atoms with Gasteiger partial charge in [-0.05, 0) is 66.9 Å². The van der Waals surface area contributed by atoms with Gasteiger partial charge in [0.2, 0.25) is 0 Å². The van der Waals surface area contributed by atoms with Crippen LogP contribution in [0.15, 0.2) is 85.1 Å². The maximum atomic E-state index is 14.1. The van der Waals surface area contributed by atoms with Crippen molar-refractivity contribution in [1.29, 1.82) is 0 Å². The summed E-state index contributed by atoms with van der Waals surface area (Å²) in [5, 5.41) is 0. The number of benzene rings is 3. The Morgan fingerprint density at radius 3 is 2.38 bits per heavy atom. The fraction of sp³-hybridized carbons (Fsp3) is 0.172. The molecule has 0 amide bonds. The quantitative estimate of drug-likeness (QED) is 0.310. The van der Waals surface area contributed by atoms with Crippen molar-refractivity contribution in [2.75, 3.05) is 7.11 Å². The number of hydrogen-bond donors (Lipinski definition) is 0. The Labute approximate surface area is 198 Å². The van der Waals surface area contributed by atoms with Gasteiger partial charge < -0.3 is 13.9 Å². The van der Waals surface area contributed by atoms with Gasteiger partial charge in [-0.1, -0.05) is 42.5 Å². The highest BCUT2D eigenvalue weighted by molar-refractivity contribution is 6.00. The van der Waals surface area contributed by atoms with Crippen LogP contribution in [0.1, 0.15) is 39.1 Å². The van der Waals surface area contributed by atoms with Crippen LogP contribution < -0.4 is 4.74 Å². The third kappa shape index (κ3) is 3.00. The molecular weight excluding hydrogens is 422 g/mol. The van der Waals surface area contributed by atoms with E-state index >= 15 is 0 Å². The Hall–Kier alpha value is -4.12. The lowest BCUT2D eigenvalue weighted by Gasteiger charge is -2.36. The number of methoxy groups -OCH3 is 1. The molecule has 0 unspecified atom stereocenters. The van der Waals surface area contributed by atoms with Crippen LogP contribution >= 0.6 is 0 Å². The molecule has 168 valence electrons. The second-order valence-corrected chi connectivity index (χ2v) is 8.92. The molecule has 0 N–H and O–H groups in total. The first-order valence-corrected chi connectivity index (χ1v) is 11.5. The lowest BCUT2D eigenvalue weighted by molar-refractivity contribution is 0.0895. The molecule has 2 atom stereocenters. The summed E-state index contributed by atoms with van der Waals surface area (Å²) in [6, 6.07) is 25.2. The van der Waals surface area contributed by atoms with Gasteiger partial charge in [0, 0.05) is 11.8 Å². The zero-order chi connectivity index (χ0) is 23.4. The number of aromatic nitrogens is 3. The van der Waals surface area contributed by atoms with Crippen LogP contribution in [0.4, 0.5) is 0 Å². The first kappa shape index (κ1) is 20.5. The molecule has 0 bridgehead atoms. The van der Waals surface area contributed by atoms with E-state index < -0.39 is 6.04 Å². The van der Waals surface area contributed by atoms with E-state index in [2.05, 4.69) is 47.2 Å². The Kier molecular flexibility index (Phi) is 4.66. The van der Waals surface area contributed by atoms with E-state index in [0.29, 0.717) is 5.56 Å². The average molecular weight is 448 g/mol. The number of ketones is 1. The van der Waals surface area contributed by atoms with Gasteiger partial charge >= 0.3 is 0 Å². The Morgan fingerprint density at radius 2 is 1.65 bits per heavy atom. The maximum absolute atomic E-state index is 14.1. The summed E-state index contributed by atoms with van der Waals surface area (Å²) in [5.74, 6) is 1.74. The second-order valence-electron chi connectivity index (χ2n) is 8.92. The summed E-state index contributed by atoms with van der Waals surface area (Å²) in [6.07, 6.45) is 2.00. The summed E-state index contributed by atoms with van der Waals surface area (Å²) in [5.41, 5.74) is 7.07. The summed E-state index contributed by atoms with van der Waals surface area (Å²) >= 11 is 0. The van der Waals surface area contributed by atoms with Crippen LogP contribution in [-0.2, 0) is 0 Å². The number of Topliss-reactive ketones (excluding diaryl/α,β-unsaturated/α-hetero) is 1. The molecule has 1 aliphatic rings. The van der Waals surface area contributed by atoms with Crippen LogP contribution in [0, 0.1) is 13.8 Å². The van der Waals surface area contributed by atoms with Crippen molar-refractivity contribution in [3.05, 3.63) is 107 Å². The molecule has 0 radical (unpaired) electrons. The standard InChI is InChI=1S/C29H25N3O2/c1-18-16-23-25(17-19(18)2)32-26(20-11-13-22(34-3)14-12-20)27(28(33)21-8-5-4-6-9-21)31-15-7-10-24(31)29(32)30-23/h4-17,26-27H,1-3H3/t26-,27+/m1/s1. The van der Waals surface area contributed by atoms with Crippen molar-refractivity contribution < 1.29 is 9.53 Å². The molecular formula is C29H25N3O2. The summed E-state index contributed by atoms with van der Waals surface area (Å²) < 4.78 is 9.75. The van der Waals surface area contributed by atoms with Crippen LogP contribution in [0.3, 0.4) is 0 Å². The van der Waals surface area contributed by atoms with Crippen molar-refractivity contribution in [1.82, 2.24) is 14.1 Å². The molecule has 3 aromatic carbocycles. The second kappa shape index (κ2) is 7.73. The Morgan fingerprint density at radius 1 is 0.912 bits per heavy atom. The number of aryl methyl sites for hydroxylation is 2. The monoisotopic (exact) mass is 447 g/mol. The van der Waals surface area contributed by atoms with E-state index in [9.17, 15) is 4.79 Å². The number of rotatable bonds is 4.